The van der Waals surface area contributed by atoms with E-state index in [1.807, 2.05) is 0 Å². The third-order valence-corrected chi connectivity index (χ3v) is 7.34. The van der Waals surface area contributed by atoms with Crippen LogP contribution in [0.3, 0.4) is 0 Å². The van der Waals surface area contributed by atoms with E-state index >= 15 is 0 Å². The molecule has 7 nitrogen and oxygen atoms in total. The molecule has 0 bridgehead atoms. The first-order valence-electron chi connectivity index (χ1n) is 14.0. The molecule has 5 rings (SSSR count). The standard InChI is InChI=1S/C27H31F2N5O.C4H6O/c1-4-6-20-25-22(5-2)33(26(35)21-13-14-24(31-30-21)27(3,28)29)16-15-23(25)34(32-20)19-11-9-18(10-12-19)17-7-8-17;1-3-4(2)5/h9-14,17,22H,4-8,15-16H2,1-3H3;3H,1H2,2H3/q+1;. The van der Waals surface area contributed by atoms with E-state index in [1.165, 1.54) is 43.5 Å². The van der Waals surface area contributed by atoms with Gasteiger partial charge >= 0.3 is 0 Å². The van der Waals surface area contributed by atoms with Crippen molar-refractivity contribution in [3.8, 4) is 0 Å². The Balaban J connectivity index is 0.000000681. The molecule has 1 atom stereocenters. The third kappa shape index (κ3) is 6.40. The Morgan fingerprint density at radius 3 is 2.30 bits per heavy atom. The molecule has 1 radical (unpaired) electrons. The summed E-state index contributed by atoms with van der Waals surface area (Å²) in [6.07, 6.45) is 6.98. The van der Waals surface area contributed by atoms with Crippen molar-refractivity contribution in [2.75, 3.05) is 6.54 Å². The number of allylic oxidation sites excluding steroid dienone is 2. The SMILES string of the molecule is C=CC(C)=O.CCCC1=C2[C](CCN(C(=O)c3ccc(C(C)(F)F)nn3)C2CC)[N+](c2ccc(C3CC3)cc2)=N1. The number of likely N-dealkylation sites (tertiary alicyclic amines) is 1. The molecule has 1 aromatic carbocycles. The third-order valence-electron chi connectivity index (χ3n) is 7.34. The molecule has 1 aliphatic carbocycles. The summed E-state index contributed by atoms with van der Waals surface area (Å²) in [4.78, 5) is 24.9. The molecule has 2 aromatic rings. The second kappa shape index (κ2) is 12.3. The van der Waals surface area contributed by atoms with Crippen LogP contribution in [0.5, 0.6) is 0 Å². The summed E-state index contributed by atoms with van der Waals surface area (Å²) < 4.78 is 29.1. The van der Waals surface area contributed by atoms with Crippen molar-refractivity contribution in [2.45, 2.75) is 84.1 Å². The van der Waals surface area contributed by atoms with Crippen LogP contribution in [0.4, 0.5) is 14.5 Å². The summed E-state index contributed by atoms with van der Waals surface area (Å²) in [7, 11) is 0. The molecule has 0 N–H and O–H groups in total. The maximum atomic E-state index is 13.5. The van der Waals surface area contributed by atoms with Crippen molar-refractivity contribution in [1.29, 1.82) is 0 Å². The highest BCUT2D eigenvalue weighted by Gasteiger charge is 2.49. The van der Waals surface area contributed by atoms with E-state index in [4.69, 9.17) is 5.11 Å². The van der Waals surface area contributed by atoms with Gasteiger partial charge in [0.25, 0.3) is 17.9 Å². The minimum absolute atomic E-state index is 0.0185. The molecular formula is C31H37F2N5O2+. The highest BCUT2D eigenvalue weighted by Crippen LogP contribution is 2.45. The molecule has 1 unspecified atom stereocenters. The van der Waals surface area contributed by atoms with Crippen molar-refractivity contribution in [3.63, 3.8) is 0 Å². The van der Waals surface area contributed by atoms with E-state index in [2.05, 4.69) is 59.6 Å². The van der Waals surface area contributed by atoms with E-state index in [0.29, 0.717) is 18.9 Å². The van der Waals surface area contributed by atoms with Gasteiger partial charge in [0.1, 0.15) is 11.4 Å². The lowest BCUT2D eigenvalue weighted by molar-refractivity contribution is -0.487. The van der Waals surface area contributed by atoms with Gasteiger partial charge in [-0.15, -0.1) is 10.2 Å². The average molecular weight is 550 g/mol. The highest BCUT2D eigenvalue weighted by molar-refractivity contribution is 5.93. The minimum Gasteiger partial charge on any atom is -0.330 e. The highest BCUT2D eigenvalue weighted by atomic mass is 19.3. The molecule has 0 spiro atoms. The normalized spacial score (nSPS) is 19.0. The Labute approximate surface area is 234 Å². The van der Waals surface area contributed by atoms with Gasteiger partial charge in [-0.3, -0.25) is 9.59 Å². The van der Waals surface area contributed by atoms with Gasteiger partial charge in [0.15, 0.2) is 11.5 Å². The quantitative estimate of drug-likeness (QED) is 0.257. The smallest absolute Gasteiger partial charge is 0.291 e. The van der Waals surface area contributed by atoms with E-state index < -0.39 is 11.6 Å². The maximum Gasteiger partial charge on any atom is 0.291 e. The summed E-state index contributed by atoms with van der Waals surface area (Å²) in [5.74, 6) is -2.66. The molecular weight excluding hydrogens is 512 g/mol. The van der Waals surface area contributed by atoms with E-state index in [0.717, 1.165) is 49.2 Å². The number of hydrogen-bond acceptors (Lipinski definition) is 5. The largest absolute Gasteiger partial charge is 0.330 e. The zero-order valence-electron chi connectivity index (χ0n) is 23.7. The molecule has 1 aromatic heterocycles. The van der Waals surface area contributed by atoms with Crippen LogP contribution in [-0.4, -0.2) is 44.1 Å². The number of carbonyl (C=O) groups excluding carboxylic acids is 2. The monoisotopic (exact) mass is 549 g/mol. The first-order chi connectivity index (χ1) is 19.1. The van der Waals surface area contributed by atoms with Gasteiger partial charge in [-0.05, 0) is 67.4 Å². The average Bonchev–Trinajstić information content (AvgIpc) is 3.74. The Morgan fingerprint density at radius 1 is 1.12 bits per heavy atom. The number of aromatic nitrogens is 2. The zero-order valence-corrected chi connectivity index (χ0v) is 23.7. The van der Waals surface area contributed by atoms with E-state index in [-0.39, 0.29) is 23.4 Å². The maximum absolute atomic E-state index is 13.5. The fraction of sp³-hybridized carbons (Fsp3) is 0.452. The second-order valence-electron chi connectivity index (χ2n) is 10.5. The second-order valence-corrected chi connectivity index (χ2v) is 10.5. The predicted octanol–water partition coefficient (Wildman–Crippen LogP) is 7.25. The molecule has 1 saturated carbocycles. The van der Waals surface area contributed by atoms with Crippen molar-refractivity contribution in [2.24, 2.45) is 5.11 Å². The van der Waals surface area contributed by atoms with Crippen LogP contribution in [0.2, 0.25) is 0 Å². The molecule has 1 amide bonds. The van der Waals surface area contributed by atoms with Gasteiger partial charge in [-0.25, -0.2) is 0 Å². The number of carbonyl (C=O) groups is 2. The van der Waals surface area contributed by atoms with Crippen LogP contribution in [0.15, 0.2) is 65.4 Å². The minimum atomic E-state index is -3.10. The lowest BCUT2D eigenvalue weighted by atomic mass is 9.87. The van der Waals surface area contributed by atoms with Gasteiger partial charge in [-0.2, -0.15) is 8.78 Å². The van der Waals surface area contributed by atoms with Crippen LogP contribution in [0, 0.1) is 6.04 Å². The number of alkyl halides is 2. The Bertz CT molecular complexity index is 1310. The number of piperidine rings is 1. The Kier molecular flexibility index (Phi) is 9.01. The summed E-state index contributed by atoms with van der Waals surface area (Å²) in [5, 5.41) is 12.5. The van der Waals surface area contributed by atoms with Gasteiger partial charge < -0.3 is 4.90 Å². The number of nitrogens with zero attached hydrogens (tertiary/aromatic N) is 5. The Morgan fingerprint density at radius 2 is 1.80 bits per heavy atom. The zero-order chi connectivity index (χ0) is 29.0. The molecule has 3 heterocycles. The van der Waals surface area contributed by atoms with Crippen LogP contribution < -0.4 is 0 Å². The van der Waals surface area contributed by atoms with Crippen LogP contribution in [0.1, 0.15) is 93.9 Å². The number of ketones is 1. The summed E-state index contributed by atoms with van der Waals surface area (Å²) in [6, 6.07) is 12.2. The lowest BCUT2D eigenvalue weighted by Crippen LogP contribution is -2.48. The fourth-order valence-electron chi connectivity index (χ4n) is 5.11. The molecule has 211 valence electrons. The number of hydrogen-bond donors (Lipinski definition) is 0. The molecule has 40 heavy (non-hydrogen) atoms. The fourth-order valence-corrected chi connectivity index (χ4v) is 5.11. The lowest BCUT2D eigenvalue weighted by Gasteiger charge is -2.36. The van der Waals surface area contributed by atoms with Crippen LogP contribution in [-0.2, 0) is 10.7 Å². The number of fused-ring (bicyclic) bond motifs is 1. The summed E-state index contributed by atoms with van der Waals surface area (Å²) >= 11 is 0. The van der Waals surface area contributed by atoms with Gasteiger partial charge in [-0.1, -0.05) is 43.7 Å². The molecule has 9 heteroatoms. The van der Waals surface area contributed by atoms with Crippen LogP contribution >= 0.6 is 0 Å². The first kappa shape index (κ1) is 29.4. The summed E-state index contributed by atoms with van der Waals surface area (Å²) in [5.41, 5.74) is 4.21. The van der Waals surface area contributed by atoms with Gasteiger partial charge in [0, 0.05) is 32.0 Å². The molecule has 2 fully saturated rings. The number of amides is 1. The van der Waals surface area contributed by atoms with Crippen molar-refractivity contribution < 1.29 is 23.1 Å². The molecule has 3 aliphatic rings. The van der Waals surface area contributed by atoms with Crippen molar-refractivity contribution >= 4 is 17.4 Å². The number of benzene rings is 1. The summed E-state index contributed by atoms with van der Waals surface area (Å²) in [6.45, 7) is 10.1. The van der Waals surface area contributed by atoms with E-state index in [9.17, 15) is 18.4 Å². The predicted molar refractivity (Wildman–Crippen MR) is 148 cm³/mol. The Hall–Kier alpha value is -3.62. The number of rotatable bonds is 8. The molecule has 1 saturated heterocycles. The van der Waals surface area contributed by atoms with Gasteiger partial charge in [0.2, 0.25) is 5.69 Å². The van der Waals surface area contributed by atoms with Crippen LogP contribution in [0.25, 0.3) is 0 Å². The van der Waals surface area contributed by atoms with E-state index in [1.54, 1.807) is 4.90 Å². The van der Waals surface area contributed by atoms with Gasteiger partial charge in [0.05, 0.1) is 11.6 Å². The number of halogens is 2. The van der Waals surface area contributed by atoms with Crippen molar-refractivity contribution in [1.82, 2.24) is 15.1 Å². The molecule has 2 aliphatic heterocycles. The topological polar surface area (TPSA) is 78.5 Å². The number of azo groups is 2. The first-order valence-corrected chi connectivity index (χ1v) is 14.0. The van der Waals surface area contributed by atoms with Crippen molar-refractivity contribution in [3.05, 3.63) is 83.3 Å².